The van der Waals surface area contributed by atoms with Gasteiger partial charge in [-0.3, -0.25) is 0 Å². The summed E-state index contributed by atoms with van der Waals surface area (Å²) < 4.78 is 5.05. The van der Waals surface area contributed by atoms with Gasteiger partial charge < -0.3 is 15.0 Å². The van der Waals surface area contributed by atoms with E-state index in [4.69, 9.17) is 4.74 Å². The molecule has 1 N–H and O–H groups in total. The molecule has 2 rings (SSSR count). The SMILES string of the molecule is CCCc1cc(N2CCC(CNCCOC)CC2)ncn1. The lowest BCUT2D eigenvalue weighted by Gasteiger charge is -2.33. The van der Waals surface area contributed by atoms with Crippen LogP contribution in [0.2, 0.25) is 0 Å². The van der Waals surface area contributed by atoms with Crippen molar-refractivity contribution in [3.05, 3.63) is 18.1 Å². The third-order valence-electron chi connectivity index (χ3n) is 4.07. The minimum atomic E-state index is 0.773. The van der Waals surface area contributed by atoms with Crippen LogP contribution < -0.4 is 10.2 Å². The molecule has 5 heteroatoms. The molecule has 5 nitrogen and oxygen atoms in total. The molecule has 21 heavy (non-hydrogen) atoms. The second kappa shape index (κ2) is 8.95. The molecule has 1 fully saturated rings. The van der Waals surface area contributed by atoms with E-state index in [-0.39, 0.29) is 0 Å². The molecule has 1 aromatic rings. The molecule has 0 atom stereocenters. The summed E-state index contributed by atoms with van der Waals surface area (Å²) in [5, 5.41) is 3.47. The van der Waals surface area contributed by atoms with Crippen molar-refractivity contribution in [3.63, 3.8) is 0 Å². The molecule has 0 saturated carbocycles. The van der Waals surface area contributed by atoms with Gasteiger partial charge in [-0.1, -0.05) is 13.3 Å². The van der Waals surface area contributed by atoms with Crippen molar-refractivity contribution in [2.45, 2.75) is 32.6 Å². The molecule has 0 spiro atoms. The Morgan fingerprint density at radius 1 is 1.33 bits per heavy atom. The standard InChI is InChI=1S/C16H28N4O/c1-3-4-15-11-16(19-13-18-15)20-8-5-14(6-9-20)12-17-7-10-21-2/h11,13-14,17H,3-10,12H2,1-2H3. The molecule has 1 saturated heterocycles. The van der Waals surface area contributed by atoms with E-state index in [1.807, 2.05) is 0 Å². The van der Waals surface area contributed by atoms with Crippen molar-refractivity contribution in [3.8, 4) is 0 Å². The number of methoxy groups -OCH3 is 1. The first-order chi connectivity index (χ1) is 10.3. The van der Waals surface area contributed by atoms with E-state index < -0.39 is 0 Å². The monoisotopic (exact) mass is 292 g/mol. The Morgan fingerprint density at radius 2 is 2.14 bits per heavy atom. The number of nitrogens with one attached hydrogen (secondary N) is 1. The van der Waals surface area contributed by atoms with Crippen molar-refractivity contribution in [1.82, 2.24) is 15.3 Å². The Balaban J connectivity index is 1.76. The van der Waals surface area contributed by atoms with Crippen LogP contribution in [0, 0.1) is 5.92 Å². The second-order valence-corrected chi connectivity index (χ2v) is 5.74. The van der Waals surface area contributed by atoms with Crippen LogP contribution in [-0.4, -0.2) is 49.9 Å². The van der Waals surface area contributed by atoms with E-state index in [1.165, 1.54) is 12.8 Å². The molecule has 0 radical (unpaired) electrons. The van der Waals surface area contributed by atoms with Gasteiger partial charge in [0.15, 0.2) is 0 Å². The maximum atomic E-state index is 5.05. The summed E-state index contributed by atoms with van der Waals surface area (Å²) >= 11 is 0. The van der Waals surface area contributed by atoms with Crippen LogP contribution in [0.4, 0.5) is 5.82 Å². The molecule has 0 amide bonds. The van der Waals surface area contributed by atoms with Gasteiger partial charge in [0.25, 0.3) is 0 Å². The third-order valence-corrected chi connectivity index (χ3v) is 4.07. The topological polar surface area (TPSA) is 50.3 Å². The zero-order valence-electron chi connectivity index (χ0n) is 13.3. The summed E-state index contributed by atoms with van der Waals surface area (Å²) in [4.78, 5) is 11.2. The summed E-state index contributed by atoms with van der Waals surface area (Å²) in [6.45, 7) is 7.22. The molecule has 0 aromatic carbocycles. The van der Waals surface area contributed by atoms with E-state index in [1.54, 1.807) is 13.4 Å². The average Bonchev–Trinajstić information content (AvgIpc) is 2.53. The van der Waals surface area contributed by atoms with Crippen LogP contribution >= 0.6 is 0 Å². The second-order valence-electron chi connectivity index (χ2n) is 5.74. The molecule has 1 aliphatic heterocycles. The molecule has 0 bridgehead atoms. The van der Waals surface area contributed by atoms with Gasteiger partial charge in [-0.2, -0.15) is 0 Å². The quantitative estimate of drug-likeness (QED) is 0.741. The van der Waals surface area contributed by atoms with Gasteiger partial charge in [0.1, 0.15) is 12.1 Å². The maximum Gasteiger partial charge on any atom is 0.132 e. The molecular formula is C16H28N4O. The van der Waals surface area contributed by atoms with Crippen molar-refractivity contribution in [2.75, 3.05) is 44.8 Å². The maximum absolute atomic E-state index is 5.05. The summed E-state index contributed by atoms with van der Waals surface area (Å²) in [6.07, 6.45) is 6.33. The number of ether oxygens (including phenoxy) is 1. The van der Waals surface area contributed by atoms with Crippen LogP contribution in [0.25, 0.3) is 0 Å². The van der Waals surface area contributed by atoms with E-state index in [0.29, 0.717) is 0 Å². The van der Waals surface area contributed by atoms with Crippen LogP contribution in [0.5, 0.6) is 0 Å². The zero-order valence-corrected chi connectivity index (χ0v) is 13.3. The first kappa shape index (κ1) is 16.2. The van der Waals surface area contributed by atoms with Crippen LogP contribution in [0.1, 0.15) is 31.9 Å². The van der Waals surface area contributed by atoms with Crippen molar-refractivity contribution < 1.29 is 4.74 Å². The van der Waals surface area contributed by atoms with E-state index in [2.05, 4.69) is 33.2 Å². The molecule has 0 aliphatic carbocycles. The molecular weight excluding hydrogens is 264 g/mol. The van der Waals surface area contributed by atoms with Gasteiger partial charge in [-0.25, -0.2) is 9.97 Å². The number of aromatic nitrogens is 2. The van der Waals surface area contributed by atoms with Gasteiger partial charge in [0.05, 0.1) is 6.61 Å². The Kier molecular flexibility index (Phi) is 6.89. The first-order valence-corrected chi connectivity index (χ1v) is 8.09. The number of hydrogen-bond acceptors (Lipinski definition) is 5. The molecule has 1 aliphatic rings. The summed E-state index contributed by atoms with van der Waals surface area (Å²) in [6, 6.07) is 2.15. The highest BCUT2D eigenvalue weighted by molar-refractivity contribution is 5.39. The minimum Gasteiger partial charge on any atom is -0.383 e. The fourth-order valence-electron chi connectivity index (χ4n) is 2.80. The van der Waals surface area contributed by atoms with Crippen LogP contribution in [0.15, 0.2) is 12.4 Å². The van der Waals surface area contributed by atoms with E-state index in [9.17, 15) is 0 Å². The highest BCUT2D eigenvalue weighted by atomic mass is 16.5. The van der Waals surface area contributed by atoms with Gasteiger partial charge in [0.2, 0.25) is 0 Å². The summed E-state index contributed by atoms with van der Waals surface area (Å²) in [5.41, 5.74) is 1.16. The summed E-state index contributed by atoms with van der Waals surface area (Å²) in [7, 11) is 1.74. The number of aryl methyl sites for hydroxylation is 1. The molecule has 1 aromatic heterocycles. The Morgan fingerprint density at radius 3 is 2.86 bits per heavy atom. The normalized spacial score (nSPS) is 16.4. The average molecular weight is 292 g/mol. The number of anilines is 1. The van der Waals surface area contributed by atoms with Gasteiger partial charge in [-0.05, 0) is 31.7 Å². The fourth-order valence-corrected chi connectivity index (χ4v) is 2.80. The third kappa shape index (κ3) is 5.25. The number of piperidine rings is 1. The largest absolute Gasteiger partial charge is 0.383 e. The number of rotatable bonds is 8. The summed E-state index contributed by atoms with van der Waals surface area (Å²) in [5.74, 6) is 1.87. The van der Waals surface area contributed by atoms with Crippen molar-refractivity contribution >= 4 is 5.82 Å². The number of hydrogen-bond donors (Lipinski definition) is 1. The van der Waals surface area contributed by atoms with Gasteiger partial charge in [-0.15, -0.1) is 0 Å². The predicted octanol–water partition coefficient (Wildman–Crippen LogP) is 1.88. The minimum absolute atomic E-state index is 0.773. The lowest BCUT2D eigenvalue weighted by molar-refractivity contribution is 0.196. The molecule has 2 heterocycles. The van der Waals surface area contributed by atoms with Gasteiger partial charge >= 0.3 is 0 Å². The smallest absolute Gasteiger partial charge is 0.132 e. The Hall–Kier alpha value is -1.20. The zero-order chi connectivity index (χ0) is 14.9. The Labute approximate surface area is 128 Å². The lowest BCUT2D eigenvalue weighted by atomic mass is 9.97. The van der Waals surface area contributed by atoms with Crippen LogP contribution in [0.3, 0.4) is 0 Å². The van der Waals surface area contributed by atoms with Crippen molar-refractivity contribution in [1.29, 1.82) is 0 Å². The van der Waals surface area contributed by atoms with Gasteiger partial charge in [0, 0.05) is 38.5 Å². The van der Waals surface area contributed by atoms with Crippen LogP contribution in [-0.2, 0) is 11.2 Å². The Bertz CT molecular complexity index is 405. The van der Waals surface area contributed by atoms with Crippen molar-refractivity contribution in [2.24, 2.45) is 5.92 Å². The van der Waals surface area contributed by atoms with E-state index >= 15 is 0 Å². The highest BCUT2D eigenvalue weighted by Crippen LogP contribution is 2.21. The van der Waals surface area contributed by atoms with E-state index in [0.717, 1.165) is 63.1 Å². The fraction of sp³-hybridized carbons (Fsp3) is 0.750. The molecule has 118 valence electrons. The first-order valence-electron chi connectivity index (χ1n) is 8.09. The predicted molar refractivity (Wildman–Crippen MR) is 85.7 cm³/mol. The lowest BCUT2D eigenvalue weighted by Crippen LogP contribution is -2.38. The number of nitrogens with zero attached hydrogens (tertiary/aromatic N) is 3. The molecule has 0 unspecified atom stereocenters. The highest BCUT2D eigenvalue weighted by Gasteiger charge is 2.20.